The number of aromatic nitrogens is 1. The van der Waals surface area contributed by atoms with Crippen molar-refractivity contribution in [2.75, 3.05) is 6.61 Å². The van der Waals surface area contributed by atoms with Crippen molar-refractivity contribution in [3.05, 3.63) is 27.7 Å². The SMILES string of the molecule is CCO/N=C(\C)c1c(O)cc(C)n(C)c1=O. The molecule has 1 aromatic rings. The first-order valence-corrected chi connectivity index (χ1v) is 5.05. The Morgan fingerprint density at radius 1 is 1.62 bits per heavy atom. The van der Waals surface area contributed by atoms with Crippen LogP contribution in [0.4, 0.5) is 0 Å². The van der Waals surface area contributed by atoms with Crippen LogP contribution in [-0.4, -0.2) is 22.0 Å². The number of oxime groups is 1. The van der Waals surface area contributed by atoms with Gasteiger partial charge in [0, 0.05) is 18.8 Å². The minimum atomic E-state index is -0.279. The normalized spacial score (nSPS) is 11.6. The number of hydrogen-bond donors (Lipinski definition) is 1. The lowest BCUT2D eigenvalue weighted by atomic mass is 10.1. The van der Waals surface area contributed by atoms with Gasteiger partial charge >= 0.3 is 0 Å². The number of rotatable bonds is 3. The lowest BCUT2D eigenvalue weighted by molar-refractivity contribution is 0.159. The van der Waals surface area contributed by atoms with Crippen LogP contribution in [0, 0.1) is 6.92 Å². The highest BCUT2D eigenvalue weighted by atomic mass is 16.6. The van der Waals surface area contributed by atoms with E-state index in [1.165, 1.54) is 10.6 Å². The summed E-state index contributed by atoms with van der Waals surface area (Å²) in [6.07, 6.45) is 0. The number of pyridine rings is 1. The Hall–Kier alpha value is -1.78. The molecule has 16 heavy (non-hydrogen) atoms. The largest absolute Gasteiger partial charge is 0.507 e. The highest BCUT2D eigenvalue weighted by Crippen LogP contribution is 2.15. The maximum Gasteiger partial charge on any atom is 0.263 e. The van der Waals surface area contributed by atoms with Gasteiger partial charge < -0.3 is 14.5 Å². The van der Waals surface area contributed by atoms with E-state index in [1.54, 1.807) is 27.8 Å². The number of hydrogen-bond acceptors (Lipinski definition) is 4. The molecule has 0 aliphatic heterocycles. The van der Waals surface area contributed by atoms with Crippen LogP contribution in [0.25, 0.3) is 0 Å². The summed E-state index contributed by atoms with van der Waals surface area (Å²) in [5.41, 5.74) is 0.968. The van der Waals surface area contributed by atoms with E-state index in [-0.39, 0.29) is 16.9 Å². The Kier molecular flexibility index (Phi) is 3.71. The molecule has 0 unspecified atom stereocenters. The molecule has 0 aliphatic carbocycles. The zero-order chi connectivity index (χ0) is 12.3. The second kappa shape index (κ2) is 4.83. The van der Waals surface area contributed by atoms with Crippen molar-refractivity contribution in [1.29, 1.82) is 0 Å². The molecule has 0 radical (unpaired) electrons. The van der Waals surface area contributed by atoms with E-state index < -0.39 is 0 Å². The first kappa shape index (κ1) is 12.3. The standard InChI is InChI=1S/C11H16N2O3/c1-5-16-12-8(3)10-9(14)6-7(2)13(4)11(10)15/h6,14H,5H2,1-4H3/b12-8+. The first-order chi connectivity index (χ1) is 7.49. The van der Waals surface area contributed by atoms with Crippen LogP contribution in [0.5, 0.6) is 5.75 Å². The van der Waals surface area contributed by atoms with Gasteiger partial charge in [-0.1, -0.05) is 5.16 Å². The summed E-state index contributed by atoms with van der Waals surface area (Å²) in [5.74, 6) is -0.0680. The molecule has 5 nitrogen and oxygen atoms in total. The van der Waals surface area contributed by atoms with Crippen molar-refractivity contribution in [1.82, 2.24) is 4.57 Å². The Labute approximate surface area is 94.0 Å². The Bertz CT molecular complexity index is 475. The molecule has 0 saturated carbocycles. The molecule has 0 aliphatic rings. The Morgan fingerprint density at radius 2 is 2.25 bits per heavy atom. The van der Waals surface area contributed by atoms with Gasteiger partial charge in [-0.15, -0.1) is 0 Å². The smallest absolute Gasteiger partial charge is 0.263 e. The van der Waals surface area contributed by atoms with Crippen LogP contribution < -0.4 is 5.56 Å². The van der Waals surface area contributed by atoms with Gasteiger partial charge in [0.15, 0.2) is 0 Å². The fraction of sp³-hybridized carbons (Fsp3) is 0.455. The molecular formula is C11H16N2O3. The predicted octanol–water partition coefficient (Wildman–Crippen LogP) is 1.16. The maximum absolute atomic E-state index is 11.9. The van der Waals surface area contributed by atoms with E-state index in [4.69, 9.17) is 4.84 Å². The molecule has 0 fully saturated rings. The van der Waals surface area contributed by atoms with Crippen molar-refractivity contribution in [2.45, 2.75) is 20.8 Å². The van der Waals surface area contributed by atoms with E-state index in [1.807, 2.05) is 0 Å². The van der Waals surface area contributed by atoms with E-state index in [9.17, 15) is 9.90 Å². The van der Waals surface area contributed by atoms with Gasteiger partial charge in [-0.2, -0.15) is 0 Å². The van der Waals surface area contributed by atoms with Gasteiger partial charge in [0.2, 0.25) is 0 Å². The summed E-state index contributed by atoms with van der Waals surface area (Å²) >= 11 is 0. The molecule has 0 saturated heterocycles. The van der Waals surface area contributed by atoms with Crippen molar-refractivity contribution in [3.63, 3.8) is 0 Å². The molecule has 0 aromatic carbocycles. The van der Waals surface area contributed by atoms with E-state index in [0.29, 0.717) is 18.0 Å². The zero-order valence-electron chi connectivity index (χ0n) is 9.94. The van der Waals surface area contributed by atoms with E-state index in [0.717, 1.165) is 0 Å². The fourth-order valence-electron chi connectivity index (χ4n) is 1.35. The van der Waals surface area contributed by atoms with Crippen molar-refractivity contribution < 1.29 is 9.94 Å². The third-order valence-corrected chi connectivity index (χ3v) is 2.34. The monoisotopic (exact) mass is 224 g/mol. The van der Waals surface area contributed by atoms with E-state index >= 15 is 0 Å². The van der Waals surface area contributed by atoms with Crippen LogP contribution in [0.15, 0.2) is 16.0 Å². The minimum Gasteiger partial charge on any atom is -0.507 e. The van der Waals surface area contributed by atoms with Crippen molar-refractivity contribution >= 4 is 5.71 Å². The second-order valence-electron chi connectivity index (χ2n) is 3.50. The van der Waals surface area contributed by atoms with Crippen LogP contribution in [0.3, 0.4) is 0 Å². The van der Waals surface area contributed by atoms with Gasteiger partial charge in [-0.3, -0.25) is 4.79 Å². The van der Waals surface area contributed by atoms with Gasteiger partial charge in [-0.05, 0) is 20.8 Å². The highest BCUT2D eigenvalue weighted by molar-refractivity contribution is 6.00. The van der Waals surface area contributed by atoms with E-state index in [2.05, 4.69) is 5.16 Å². The summed E-state index contributed by atoms with van der Waals surface area (Å²) in [5, 5.41) is 13.5. The highest BCUT2D eigenvalue weighted by Gasteiger charge is 2.13. The first-order valence-electron chi connectivity index (χ1n) is 5.05. The topological polar surface area (TPSA) is 63.8 Å². The van der Waals surface area contributed by atoms with Crippen LogP contribution >= 0.6 is 0 Å². The lowest BCUT2D eigenvalue weighted by Gasteiger charge is -2.08. The summed E-state index contributed by atoms with van der Waals surface area (Å²) in [6.45, 7) is 5.59. The summed E-state index contributed by atoms with van der Waals surface area (Å²) in [6, 6.07) is 1.53. The quantitative estimate of drug-likeness (QED) is 0.619. The average Bonchev–Trinajstić information content (AvgIpc) is 2.23. The fourth-order valence-corrected chi connectivity index (χ4v) is 1.35. The van der Waals surface area contributed by atoms with Gasteiger partial charge in [0.05, 0.1) is 5.71 Å². The van der Waals surface area contributed by atoms with Gasteiger partial charge in [0.1, 0.15) is 17.9 Å². The van der Waals surface area contributed by atoms with Gasteiger partial charge in [-0.25, -0.2) is 0 Å². The summed E-state index contributed by atoms with van der Waals surface area (Å²) in [4.78, 5) is 16.7. The molecule has 0 spiro atoms. The Morgan fingerprint density at radius 3 is 2.81 bits per heavy atom. The third kappa shape index (κ3) is 2.24. The molecule has 0 amide bonds. The summed E-state index contributed by atoms with van der Waals surface area (Å²) < 4.78 is 1.46. The van der Waals surface area contributed by atoms with Crippen molar-refractivity contribution in [2.24, 2.45) is 12.2 Å². The summed E-state index contributed by atoms with van der Waals surface area (Å²) in [7, 11) is 1.65. The Balaban J connectivity index is 3.35. The molecule has 1 N–H and O–H groups in total. The zero-order valence-corrected chi connectivity index (χ0v) is 9.94. The molecule has 1 rings (SSSR count). The molecule has 88 valence electrons. The van der Waals surface area contributed by atoms with Crippen molar-refractivity contribution in [3.8, 4) is 5.75 Å². The van der Waals surface area contributed by atoms with Gasteiger partial charge in [0.25, 0.3) is 5.56 Å². The second-order valence-corrected chi connectivity index (χ2v) is 3.50. The molecule has 1 aromatic heterocycles. The average molecular weight is 224 g/mol. The molecular weight excluding hydrogens is 208 g/mol. The number of nitrogens with zero attached hydrogens (tertiary/aromatic N) is 2. The predicted molar refractivity (Wildman–Crippen MR) is 61.9 cm³/mol. The molecule has 0 atom stereocenters. The third-order valence-electron chi connectivity index (χ3n) is 2.34. The van der Waals surface area contributed by atoms with Crippen LogP contribution in [0.2, 0.25) is 0 Å². The molecule has 1 heterocycles. The lowest BCUT2D eigenvalue weighted by Crippen LogP contribution is -2.25. The van der Waals surface area contributed by atoms with Crippen LogP contribution in [-0.2, 0) is 11.9 Å². The van der Waals surface area contributed by atoms with Crippen LogP contribution in [0.1, 0.15) is 25.1 Å². The number of aryl methyl sites for hydroxylation is 1. The molecule has 5 heteroatoms. The molecule has 0 bridgehead atoms. The number of aromatic hydroxyl groups is 1. The maximum atomic E-state index is 11.9. The minimum absolute atomic E-state index is 0.0680.